The number of hydrogen-bond donors (Lipinski definition) is 2. The molecule has 126 valence electrons. The van der Waals surface area contributed by atoms with Crippen molar-refractivity contribution in [2.75, 3.05) is 54.0 Å². The van der Waals surface area contributed by atoms with Gasteiger partial charge in [-0.05, 0) is 18.5 Å². The first-order chi connectivity index (χ1) is 10.5. The van der Waals surface area contributed by atoms with Gasteiger partial charge in [0.1, 0.15) is 0 Å². The fourth-order valence-corrected chi connectivity index (χ4v) is 2.85. The van der Waals surface area contributed by atoms with E-state index in [1.807, 2.05) is 7.05 Å². The summed E-state index contributed by atoms with van der Waals surface area (Å²) >= 11 is 1.80. The maximum atomic E-state index is 5.08. The number of guanidine groups is 1. The van der Waals surface area contributed by atoms with Crippen molar-refractivity contribution in [3.05, 3.63) is 22.4 Å². The van der Waals surface area contributed by atoms with Crippen molar-refractivity contribution in [2.24, 2.45) is 4.99 Å². The first-order valence-electron chi connectivity index (χ1n) is 7.65. The fraction of sp³-hybridized carbons (Fsp3) is 0.688. The van der Waals surface area contributed by atoms with Crippen LogP contribution in [0.3, 0.4) is 0 Å². The lowest BCUT2D eigenvalue weighted by Crippen LogP contribution is -2.45. The summed E-state index contributed by atoms with van der Waals surface area (Å²) in [6, 6.07) is 4.29. The van der Waals surface area contributed by atoms with E-state index in [1.165, 1.54) is 4.88 Å². The maximum absolute atomic E-state index is 5.08. The zero-order valence-corrected chi connectivity index (χ0v) is 15.3. The summed E-state index contributed by atoms with van der Waals surface area (Å²) in [6.45, 7) is 8.87. The summed E-state index contributed by atoms with van der Waals surface area (Å²) in [4.78, 5) is 7.91. The highest BCUT2D eigenvalue weighted by atomic mass is 32.1. The zero-order valence-electron chi connectivity index (χ0n) is 14.5. The molecule has 0 aliphatic rings. The summed E-state index contributed by atoms with van der Waals surface area (Å²) in [5.41, 5.74) is 0.0983. The molecule has 0 amide bonds. The van der Waals surface area contributed by atoms with Crippen molar-refractivity contribution in [2.45, 2.75) is 19.3 Å². The highest BCUT2D eigenvalue weighted by Gasteiger charge is 2.21. The molecule has 0 saturated carbocycles. The predicted molar refractivity (Wildman–Crippen MR) is 96.1 cm³/mol. The second-order valence-electron chi connectivity index (χ2n) is 6.01. The largest absolute Gasteiger partial charge is 0.383 e. The van der Waals surface area contributed by atoms with Crippen LogP contribution in [-0.2, 0) is 10.2 Å². The van der Waals surface area contributed by atoms with Gasteiger partial charge in [0.2, 0.25) is 0 Å². The Morgan fingerprint density at radius 2 is 2.14 bits per heavy atom. The van der Waals surface area contributed by atoms with Crippen LogP contribution in [0, 0.1) is 0 Å². The van der Waals surface area contributed by atoms with Crippen molar-refractivity contribution in [3.8, 4) is 0 Å². The van der Waals surface area contributed by atoms with Crippen LogP contribution in [0.1, 0.15) is 18.7 Å². The lowest BCUT2D eigenvalue weighted by Gasteiger charge is -2.25. The first-order valence-corrected chi connectivity index (χ1v) is 8.53. The van der Waals surface area contributed by atoms with E-state index >= 15 is 0 Å². The van der Waals surface area contributed by atoms with Gasteiger partial charge in [-0.15, -0.1) is 11.3 Å². The topological polar surface area (TPSA) is 48.9 Å². The number of likely N-dealkylation sites (N-methyl/N-ethyl adjacent to an activating group) is 1. The summed E-state index contributed by atoms with van der Waals surface area (Å²) in [5.74, 6) is 0.852. The van der Waals surface area contributed by atoms with Crippen LogP contribution < -0.4 is 10.6 Å². The monoisotopic (exact) mass is 326 g/mol. The number of aliphatic imine (C=N–C) groups is 1. The normalized spacial score (nSPS) is 12.7. The van der Waals surface area contributed by atoms with Gasteiger partial charge in [0.05, 0.1) is 6.61 Å². The number of hydrogen-bond acceptors (Lipinski definition) is 4. The first kappa shape index (κ1) is 18.9. The zero-order chi connectivity index (χ0) is 16.4. The maximum Gasteiger partial charge on any atom is 0.191 e. The minimum absolute atomic E-state index is 0.0983. The van der Waals surface area contributed by atoms with Gasteiger partial charge < -0.3 is 20.3 Å². The van der Waals surface area contributed by atoms with Gasteiger partial charge in [0.25, 0.3) is 0 Å². The molecule has 0 aliphatic carbocycles. The lowest BCUT2D eigenvalue weighted by atomic mass is 9.91. The molecule has 0 atom stereocenters. The summed E-state index contributed by atoms with van der Waals surface area (Å²) in [6.07, 6.45) is 0. The van der Waals surface area contributed by atoms with E-state index in [2.05, 4.69) is 58.9 Å². The Morgan fingerprint density at radius 3 is 2.73 bits per heavy atom. The van der Waals surface area contributed by atoms with Crippen molar-refractivity contribution >= 4 is 17.3 Å². The molecule has 0 aromatic carbocycles. The summed E-state index contributed by atoms with van der Waals surface area (Å²) in [5, 5.41) is 8.90. The fourth-order valence-electron chi connectivity index (χ4n) is 2.00. The molecule has 0 fully saturated rings. The molecule has 0 bridgehead atoms. The number of methoxy groups -OCH3 is 1. The van der Waals surface area contributed by atoms with E-state index in [0.29, 0.717) is 0 Å². The van der Waals surface area contributed by atoms with E-state index in [9.17, 15) is 0 Å². The highest BCUT2D eigenvalue weighted by Crippen LogP contribution is 2.26. The van der Waals surface area contributed by atoms with Crippen molar-refractivity contribution in [1.29, 1.82) is 0 Å². The van der Waals surface area contributed by atoms with Crippen LogP contribution >= 0.6 is 11.3 Å². The third-order valence-electron chi connectivity index (χ3n) is 3.57. The van der Waals surface area contributed by atoms with Gasteiger partial charge in [-0.25, -0.2) is 0 Å². The molecule has 0 radical (unpaired) electrons. The smallest absolute Gasteiger partial charge is 0.191 e. The van der Waals surface area contributed by atoms with Crippen LogP contribution in [0.15, 0.2) is 22.5 Å². The van der Waals surface area contributed by atoms with Gasteiger partial charge in [0, 0.05) is 50.6 Å². The molecular weight excluding hydrogens is 296 g/mol. The van der Waals surface area contributed by atoms with Gasteiger partial charge in [-0.3, -0.25) is 4.99 Å². The number of nitrogens with zero attached hydrogens (tertiary/aromatic N) is 2. The summed E-state index contributed by atoms with van der Waals surface area (Å²) < 4.78 is 5.08. The molecule has 5 nitrogen and oxygen atoms in total. The van der Waals surface area contributed by atoms with E-state index in [1.54, 1.807) is 18.4 Å². The van der Waals surface area contributed by atoms with Gasteiger partial charge in [-0.2, -0.15) is 0 Å². The van der Waals surface area contributed by atoms with Crippen LogP contribution in [0.5, 0.6) is 0 Å². The van der Waals surface area contributed by atoms with Crippen LogP contribution in [0.4, 0.5) is 0 Å². The Kier molecular flexibility index (Phi) is 8.45. The third-order valence-corrected chi connectivity index (χ3v) is 4.81. The van der Waals surface area contributed by atoms with Crippen molar-refractivity contribution in [3.63, 3.8) is 0 Å². The SMILES string of the molecule is CN=C(NCCN(C)CCOC)NCC(C)(C)c1cccs1. The Bertz CT molecular complexity index is 431. The van der Waals surface area contributed by atoms with Crippen LogP contribution in [-0.4, -0.2) is 64.9 Å². The van der Waals surface area contributed by atoms with Crippen molar-refractivity contribution < 1.29 is 4.74 Å². The second-order valence-corrected chi connectivity index (χ2v) is 6.96. The molecule has 0 saturated heterocycles. The molecule has 0 unspecified atom stereocenters. The Labute approximate surface area is 138 Å². The van der Waals surface area contributed by atoms with Gasteiger partial charge in [-0.1, -0.05) is 19.9 Å². The third kappa shape index (κ3) is 6.77. The van der Waals surface area contributed by atoms with Crippen LogP contribution in [0.2, 0.25) is 0 Å². The average molecular weight is 327 g/mol. The minimum atomic E-state index is 0.0983. The van der Waals surface area contributed by atoms with Gasteiger partial charge >= 0.3 is 0 Å². The van der Waals surface area contributed by atoms with Crippen LogP contribution in [0.25, 0.3) is 0 Å². The van der Waals surface area contributed by atoms with E-state index < -0.39 is 0 Å². The number of rotatable bonds is 9. The van der Waals surface area contributed by atoms with E-state index in [4.69, 9.17) is 4.74 Å². The molecule has 1 aromatic heterocycles. The van der Waals surface area contributed by atoms with Gasteiger partial charge in [0.15, 0.2) is 5.96 Å². The Hall–Kier alpha value is -1.11. The molecule has 6 heteroatoms. The molecular formula is C16H30N4OS. The average Bonchev–Trinajstić information content (AvgIpc) is 3.03. The lowest BCUT2D eigenvalue weighted by molar-refractivity contribution is 0.162. The summed E-state index contributed by atoms with van der Waals surface area (Å²) in [7, 11) is 5.63. The molecule has 1 heterocycles. The molecule has 2 N–H and O–H groups in total. The Balaban J connectivity index is 2.31. The molecule has 0 spiro atoms. The number of nitrogens with one attached hydrogen (secondary N) is 2. The predicted octanol–water partition coefficient (Wildman–Crippen LogP) is 1.77. The van der Waals surface area contributed by atoms with Crippen molar-refractivity contribution in [1.82, 2.24) is 15.5 Å². The quantitative estimate of drug-likeness (QED) is 0.536. The molecule has 22 heavy (non-hydrogen) atoms. The second kappa shape index (κ2) is 9.82. The van der Waals surface area contributed by atoms with E-state index in [0.717, 1.165) is 38.7 Å². The Morgan fingerprint density at radius 1 is 1.36 bits per heavy atom. The molecule has 1 aromatic rings. The minimum Gasteiger partial charge on any atom is -0.383 e. The molecule has 0 aliphatic heterocycles. The van der Waals surface area contributed by atoms with E-state index in [-0.39, 0.29) is 5.41 Å². The number of thiophene rings is 1. The number of ether oxygens (including phenoxy) is 1. The highest BCUT2D eigenvalue weighted by molar-refractivity contribution is 7.10. The standard InChI is InChI=1S/C16H30N4OS/c1-16(2,14-7-6-12-22-14)13-19-15(17-3)18-8-9-20(4)10-11-21-5/h6-7,12H,8-11,13H2,1-5H3,(H2,17,18,19). The molecule has 1 rings (SSSR count).